The topological polar surface area (TPSA) is 113 Å². The molecule has 0 aliphatic heterocycles. The van der Waals surface area contributed by atoms with Crippen LogP contribution in [0, 0.1) is 0 Å². The molecule has 0 saturated heterocycles. The van der Waals surface area contributed by atoms with Gasteiger partial charge in [-0.15, -0.1) is 0 Å². The Bertz CT molecular complexity index is 1340. The Morgan fingerprint density at radius 1 is 1.13 bits per heavy atom. The third kappa shape index (κ3) is 4.16. The third-order valence-electron chi connectivity index (χ3n) is 4.69. The number of para-hydroxylation sites is 1. The van der Waals surface area contributed by atoms with E-state index in [0.29, 0.717) is 39.3 Å². The van der Waals surface area contributed by atoms with E-state index in [9.17, 15) is 14.4 Å². The molecule has 0 radical (unpaired) electrons. The number of amides is 1. The van der Waals surface area contributed by atoms with Crippen LogP contribution < -0.4 is 16.6 Å². The molecule has 0 atom stereocenters. The lowest BCUT2D eigenvalue weighted by molar-refractivity contribution is -0.113. The molecule has 1 amide bonds. The largest absolute Gasteiger partial charge is 0.325 e. The van der Waals surface area contributed by atoms with Crippen LogP contribution in [0.1, 0.15) is 19.8 Å². The molecular formula is C21H21N5O3S. The van der Waals surface area contributed by atoms with Crippen molar-refractivity contribution in [1.29, 1.82) is 0 Å². The number of hydrogen-bond acceptors (Lipinski definition) is 5. The maximum atomic E-state index is 12.9. The number of aromatic nitrogens is 4. The summed E-state index contributed by atoms with van der Waals surface area (Å²) in [6.07, 6.45) is 1.81. The standard InChI is InChI=1S/C21H21N5O3S/c1-2-3-10-26-19(28)14-6-4-5-7-15(14)25-21(26)30-12-18(27)22-13-8-9-16-17(11-13)24-20(29)23-16/h4-9,11H,2-3,10,12H2,1H3,(H,22,27)(H2,23,24,29). The highest BCUT2D eigenvalue weighted by molar-refractivity contribution is 7.99. The van der Waals surface area contributed by atoms with E-state index in [-0.39, 0.29) is 22.9 Å². The van der Waals surface area contributed by atoms with Crippen LogP contribution in [0.5, 0.6) is 0 Å². The van der Waals surface area contributed by atoms with Gasteiger partial charge in [0, 0.05) is 12.2 Å². The second-order valence-electron chi connectivity index (χ2n) is 6.90. The fourth-order valence-corrected chi connectivity index (χ4v) is 4.03. The normalized spacial score (nSPS) is 11.2. The Kier molecular flexibility index (Phi) is 5.71. The number of fused-ring (bicyclic) bond motifs is 2. The lowest BCUT2D eigenvalue weighted by atomic mass is 10.2. The molecule has 0 saturated carbocycles. The second-order valence-corrected chi connectivity index (χ2v) is 7.84. The molecule has 0 spiro atoms. The summed E-state index contributed by atoms with van der Waals surface area (Å²) in [7, 11) is 0. The van der Waals surface area contributed by atoms with Crippen LogP contribution in [0.3, 0.4) is 0 Å². The van der Waals surface area contributed by atoms with Gasteiger partial charge in [0.1, 0.15) is 0 Å². The average Bonchev–Trinajstić information content (AvgIpc) is 3.11. The van der Waals surface area contributed by atoms with E-state index in [1.54, 1.807) is 34.9 Å². The molecule has 2 heterocycles. The van der Waals surface area contributed by atoms with Crippen LogP contribution in [0.4, 0.5) is 5.69 Å². The lowest BCUT2D eigenvalue weighted by Crippen LogP contribution is -2.24. The molecule has 2 aromatic carbocycles. The van der Waals surface area contributed by atoms with Crippen LogP contribution in [-0.4, -0.2) is 31.2 Å². The maximum Gasteiger partial charge on any atom is 0.323 e. The van der Waals surface area contributed by atoms with Crippen molar-refractivity contribution in [3.8, 4) is 0 Å². The second kappa shape index (κ2) is 8.58. The molecule has 3 N–H and O–H groups in total. The highest BCUT2D eigenvalue weighted by atomic mass is 32.2. The number of nitrogens with zero attached hydrogens (tertiary/aromatic N) is 2. The van der Waals surface area contributed by atoms with E-state index < -0.39 is 0 Å². The van der Waals surface area contributed by atoms with Crippen LogP contribution in [0.15, 0.2) is 57.2 Å². The summed E-state index contributed by atoms with van der Waals surface area (Å²) >= 11 is 1.24. The highest BCUT2D eigenvalue weighted by Crippen LogP contribution is 2.20. The van der Waals surface area contributed by atoms with Gasteiger partial charge in [-0.05, 0) is 36.8 Å². The Balaban J connectivity index is 1.53. The zero-order valence-electron chi connectivity index (χ0n) is 16.4. The first-order valence-corrected chi connectivity index (χ1v) is 10.7. The predicted molar refractivity (Wildman–Crippen MR) is 119 cm³/mol. The number of benzene rings is 2. The number of thioether (sulfide) groups is 1. The molecule has 0 bridgehead atoms. The van der Waals surface area contributed by atoms with Crippen molar-refractivity contribution in [3.63, 3.8) is 0 Å². The molecular weight excluding hydrogens is 402 g/mol. The SMILES string of the molecule is CCCCn1c(SCC(=O)Nc2ccc3[nH]c(=O)[nH]c3c2)nc2ccccc2c1=O. The Labute approximate surface area is 175 Å². The Hall–Kier alpha value is -3.33. The number of carbonyl (C=O) groups excluding carboxylic acids is 1. The van der Waals surface area contributed by atoms with Gasteiger partial charge in [-0.1, -0.05) is 37.2 Å². The van der Waals surface area contributed by atoms with Crippen molar-refractivity contribution in [1.82, 2.24) is 19.5 Å². The first-order chi connectivity index (χ1) is 14.5. The summed E-state index contributed by atoms with van der Waals surface area (Å²) in [4.78, 5) is 46.7. The van der Waals surface area contributed by atoms with Crippen molar-refractivity contribution in [2.75, 3.05) is 11.1 Å². The molecule has 0 aliphatic carbocycles. The monoisotopic (exact) mass is 423 g/mol. The number of H-pyrrole nitrogens is 2. The minimum absolute atomic E-state index is 0.0844. The number of nitrogens with one attached hydrogen (secondary N) is 3. The third-order valence-corrected chi connectivity index (χ3v) is 5.67. The molecule has 4 rings (SSSR count). The molecule has 8 nitrogen and oxygen atoms in total. The van der Waals surface area contributed by atoms with E-state index in [4.69, 9.17) is 0 Å². The summed E-state index contributed by atoms with van der Waals surface area (Å²) < 4.78 is 1.65. The highest BCUT2D eigenvalue weighted by Gasteiger charge is 2.13. The molecule has 0 unspecified atom stereocenters. The van der Waals surface area contributed by atoms with Gasteiger partial charge in [0.05, 0.1) is 27.7 Å². The van der Waals surface area contributed by atoms with E-state index >= 15 is 0 Å². The van der Waals surface area contributed by atoms with Gasteiger partial charge in [0.15, 0.2) is 5.16 Å². The molecule has 2 aromatic heterocycles. The minimum Gasteiger partial charge on any atom is -0.325 e. The van der Waals surface area contributed by atoms with E-state index in [2.05, 4.69) is 27.2 Å². The first kappa shape index (κ1) is 20.0. The van der Waals surface area contributed by atoms with Gasteiger partial charge >= 0.3 is 5.69 Å². The number of rotatable bonds is 7. The molecule has 4 aromatic rings. The van der Waals surface area contributed by atoms with E-state index in [1.165, 1.54) is 11.8 Å². The quantitative estimate of drug-likeness (QED) is 0.312. The van der Waals surface area contributed by atoms with Gasteiger partial charge in [-0.3, -0.25) is 14.2 Å². The number of unbranched alkanes of at least 4 members (excludes halogenated alkanes) is 1. The van der Waals surface area contributed by atoms with Gasteiger partial charge in [-0.2, -0.15) is 0 Å². The Morgan fingerprint density at radius 3 is 2.77 bits per heavy atom. The van der Waals surface area contributed by atoms with Gasteiger partial charge in [0.2, 0.25) is 5.91 Å². The van der Waals surface area contributed by atoms with Crippen LogP contribution in [0.2, 0.25) is 0 Å². The summed E-state index contributed by atoms with van der Waals surface area (Å²) in [5, 5.41) is 3.93. The van der Waals surface area contributed by atoms with Gasteiger partial charge in [-0.25, -0.2) is 9.78 Å². The smallest absolute Gasteiger partial charge is 0.323 e. The van der Waals surface area contributed by atoms with Crippen LogP contribution in [0.25, 0.3) is 21.9 Å². The first-order valence-electron chi connectivity index (χ1n) is 9.69. The fraction of sp³-hybridized carbons (Fsp3) is 0.238. The van der Waals surface area contributed by atoms with Crippen molar-refractivity contribution >= 4 is 45.3 Å². The van der Waals surface area contributed by atoms with Gasteiger partial charge in [0.25, 0.3) is 5.56 Å². The van der Waals surface area contributed by atoms with E-state index in [1.807, 2.05) is 12.1 Å². The zero-order chi connectivity index (χ0) is 21.1. The fourth-order valence-electron chi connectivity index (χ4n) is 3.21. The lowest BCUT2D eigenvalue weighted by Gasteiger charge is -2.12. The summed E-state index contributed by atoms with van der Waals surface area (Å²) in [6, 6.07) is 12.4. The van der Waals surface area contributed by atoms with Crippen LogP contribution in [-0.2, 0) is 11.3 Å². The van der Waals surface area contributed by atoms with Crippen LogP contribution >= 0.6 is 11.8 Å². The molecule has 0 aliphatic rings. The number of aromatic amines is 2. The van der Waals surface area contributed by atoms with Crippen molar-refractivity contribution in [2.24, 2.45) is 0 Å². The number of hydrogen-bond donors (Lipinski definition) is 3. The number of anilines is 1. The summed E-state index contributed by atoms with van der Waals surface area (Å²) in [6.45, 7) is 2.63. The summed E-state index contributed by atoms with van der Waals surface area (Å²) in [5.41, 5.74) is 2.12. The van der Waals surface area contributed by atoms with Gasteiger partial charge < -0.3 is 15.3 Å². The molecule has 30 heavy (non-hydrogen) atoms. The summed E-state index contributed by atoms with van der Waals surface area (Å²) in [5.74, 6) is -0.111. The zero-order valence-corrected chi connectivity index (χ0v) is 17.2. The van der Waals surface area contributed by atoms with Crippen molar-refractivity contribution in [2.45, 2.75) is 31.5 Å². The van der Waals surface area contributed by atoms with E-state index in [0.717, 1.165) is 12.8 Å². The minimum atomic E-state index is -0.295. The Morgan fingerprint density at radius 2 is 1.93 bits per heavy atom. The van der Waals surface area contributed by atoms with Crippen molar-refractivity contribution < 1.29 is 4.79 Å². The maximum absolute atomic E-state index is 12.9. The number of carbonyl (C=O) groups is 1. The number of imidazole rings is 1. The molecule has 9 heteroatoms. The molecule has 0 fully saturated rings. The van der Waals surface area contributed by atoms with Crippen molar-refractivity contribution in [3.05, 3.63) is 63.3 Å². The average molecular weight is 423 g/mol. The molecule has 154 valence electrons. The predicted octanol–water partition coefficient (Wildman–Crippen LogP) is 3.10.